The molecule has 0 bridgehead atoms. The summed E-state index contributed by atoms with van der Waals surface area (Å²) in [5, 5.41) is 4.43. The van der Waals surface area contributed by atoms with Crippen molar-refractivity contribution in [1.29, 1.82) is 0 Å². The van der Waals surface area contributed by atoms with E-state index < -0.39 is 0 Å². The van der Waals surface area contributed by atoms with Crippen LogP contribution in [0.25, 0.3) is 0 Å². The summed E-state index contributed by atoms with van der Waals surface area (Å²) in [6.45, 7) is 6.46. The summed E-state index contributed by atoms with van der Waals surface area (Å²) in [6.07, 6.45) is 3.94. The van der Waals surface area contributed by atoms with Crippen LogP contribution in [0.2, 0.25) is 0 Å². The van der Waals surface area contributed by atoms with Crippen LogP contribution in [0.3, 0.4) is 0 Å². The van der Waals surface area contributed by atoms with Crippen molar-refractivity contribution in [2.45, 2.75) is 51.7 Å². The summed E-state index contributed by atoms with van der Waals surface area (Å²) in [6, 6.07) is 3.59. The molecule has 0 radical (unpaired) electrons. The highest BCUT2D eigenvalue weighted by Gasteiger charge is 2.33. The van der Waals surface area contributed by atoms with Gasteiger partial charge in [0.1, 0.15) is 0 Å². The van der Waals surface area contributed by atoms with Crippen molar-refractivity contribution in [2.75, 3.05) is 6.54 Å². The van der Waals surface area contributed by atoms with Crippen molar-refractivity contribution in [2.24, 2.45) is 11.7 Å². The smallest absolute Gasteiger partial charge is 0.0248 e. The third kappa shape index (κ3) is 3.80. The van der Waals surface area contributed by atoms with Gasteiger partial charge < -0.3 is 5.73 Å². The molecule has 0 saturated heterocycles. The van der Waals surface area contributed by atoms with Crippen molar-refractivity contribution in [3.05, 3.63) is 22.4 Å². The van der Waals surface area contributed by atoms with Crippen molar-refractivity contribution in [3.8, 4) is 0 Å². The monoisotopic (exact) mass is 252 g/mol. The van der Waals surface area contributed by atoms with Gasteiger partial charge in [0.25, 0.3) is 0 Å². The zero-order chi connectivity index (χ0) is 12.3. The zero-order valence-electron chi connectivity index (χ0n) is 10.9. The predicted octanol–water partition coefficient (Wildman–Crippen LogP) is 3.09. The van der Waals surface area contributed by atoms with E-state index in [0.717, 1.165) is 25.0 Å². The Morgan fingerprint density at radius 2 is 2.24 bits per heavy atom. The van der Waals surface area contributed by atoms with Gasteiger partial charge >= 0.3 is 0 Å². The SMILES string of the molecule is CC(C)CC(CN)N(Cc1ccsc1)C1CC1. The highest BCUT2D eigenvalue weighted by Crippen LogP contribution is 2.31. The quantitative estimate of drug-likeness (QED) is 0.808. The first-order valence-corrected chi connectivity index (χ1v) is 7.62. The van der Waals surface area contributed by atoms with Gasteiger partial charge in [0.15, 0.2) is 0 Å². The van der Waals surface area contributed by atoms with Crippen molar-refractivity contribution in [3.63, 3.8) is 0 Å². The molecule has 1 heterocycles. The first kappa shape index (κ1) is 13.1. The van der Waals surface area contributed by atoms with Gasteiger partial charge in [0.2, 0.25) is 0 Å². The fraction of sp³-hybridized carbons (Fsp3) is 0.714. The van der Waals surface area contributed by atoms with E-state index >= 15 is 0 Å². The summed E-state index contributed by atoms with van der Waals surface area (Å²) >= 11 is 1.79. The molecular formula is C14H24N2S. The average Bonchev–Trinajstić information content (AvgIpc) is 3.01. The van der Waals surface area contributed by atoms with Gasteiger partial charge in [-0.15, -0.1) is 0 Å². The van der Waals surface area contributed by atoms with E-state index in [9.17, 15) is 0 Å². The van der Waals surface area contributed by atoms with E-state index in [4.69, 9.17) is 5.73 Å². The molecule has 2 N–H and O–H groups in total. The van der Waals surface area contributed by atoms with Crippen molar-refractivity contribution >= 4 is 11.3 Å². The average molecular weight is 252 g/mol. The lowest BCUT2D eigenvalue weighted by atomic mass is 10.0. The molecule has 0 aromatic carbocycles. The summed E-state index contributed by atoms with van der Waals surface area (Å²) in [5.74, 6) is 0.729. The molecule has 1 fully saturated rings. The molecule has 1 saturated carbocycles. The number of rotatable bonds is 7. The Labute approximate surface area is 109 Å². The van der Waals surface area contributed by atoms with Crippen LogP contribution in [0, 0.1) is 5.92 Å². The third-order valence-electron chi connectivity index (χ3n) is 3.45. The number of nitrogens with two attached hydrogens (primary N) is 1. The van der Waals surface area contributed by atoms with Gasteiger partial charge in [0.05, 0.1) is 0 Å². The van der Waals surface area contributed by atoms with Crippen LogP contribution in [-0.2, 0) is 6.54 Å². The Balaban J connectivity index is 1.99. The molecule has 0 aliphatic heterocycles. The van der Waals surface area contributed by atoms with Crippen LogP contribution in [0.5, 0.6) is 0 Å². The van der Waals surface area contributed by atoms with E-state index in [1.54, 1.807) is 11.3 Å². The maximum absolute atomic E-state index is 5.98. The van der Waals surface area contributed by atoms with Gasteiger partial charge in [0, 0.05) is 25.2 Å². The lowest BCUT2D eigenvalue weighted by molar-refractivity contribution is 0.160. The molecule has 3 heteroatoms. The van der Waals surface area contributed by atoms with E-state index in [1.165, 1.54) is 24.8 Å². The van der Waals surface area contributed by atoms with Gasteiger partial charge in [-0.1, -0.05) is 13.8 Å². The predicted molar refractivity (Wildman–Crippen MR) is 75.2 cm³/mol. The van der Waals surface area contributed by atoms with Crippen LogP contribution >= 0.6 is 11.3 Å². The number of thiophene rings is 1. The molecule has 1 aromatic heterocycles. The van der Waals surface area contributed by atoms with Gasteiger partial charge in [-0.3, -0.25) is 4.90 Å². The Kier molecular flexibility index (Phi) is 4.60. The first-order chi connectivity index (χ1) is 8.20. The molecular weight excluding hydrogens is 228 g/mol. The normalized spacial score (nSPS) is 17.9. The highest BCUT2D eigenvalue weighted by molar-refractivity contribution is 7.07. The molecule has 1 aliphatic carbocycles. The third-order valence-corrected chi connectivity index (χ3v) is 4.18. The fourth-order valence-electron chi connectivity index (χ4n) is 2.47. The Morgan fingerprint density at radius 1 is 1.47 bits per heavy atom. The minimum Gasteiger partial charge on any atom is -0.329 e. The maximum atomic E-state index is 5.98. The summed E-state index contributed by atoms with van der Waals surface area (Å²) in [5.41, 5.74) is 7.43. The number of hydrogen-bond acceptors (Lipinski definition) is 3. The molecule has 17 heavy (non-hydrogen) atoms. The molecule has 1 aliphatic rings. The molecule has 1 unspecified atom stereocenters. The van der Waals surface area contributed by atoms with Gasteiger partial charge in [-0.05, 0) is 47.6 Å². The van der Waals surface area contributed by atoms with Crippen molar-refractivity contribution in [1.82, 2.24) is 4.90 Å². The largest absolute Gasteiger partial charge is 0.329 e. The maximum Gasteiger partial charge on any atom is 0.0248 e. The molecule has 96 valence electrons. The van der Waals surface area contributed by atoms with Crippen LogP contribution in [0.4, 0.5) is 0 Å². The minimum atomic E-state index is 0.558. The summed E-state index contributed by atoms with van der Waals surface area (Å²) < 4.78 is 0. The number of hydrogen-bond donors (Lipinski definition) is 1. The van der Waals surface area contributed by atoms with Gasteiger partial charge in [-0.25, -0.2) is 0 Å². The Hall–Kier alpha value is -0.380. The van der Waals surface area contributed by atoms with E-state index in [2.05, 4.69) is 35.6 Å². The summed E-state index contributed by atoms with van der Waals surface area (Å²) in [7, 11) is 0. The van der Waals surface area contributed by atoms with Crippen LogP contribution in [0.1, 0.15) is 38.7 Å². The molecule has 2 rings (SSSR count). The van der Waals surface area contributed by atoms with E-state index in [-0.39, 0.29) is 0 Å². The summed E-state index contributed by atoms with van der Waals surface area (Å²) in [4.78, 5) is 2.64. The lowest BCUT2D eigenvalue weighted by Gasteiger charge is -2.32. The van der Waals surface area contributed by atoms with Crippen LogP contribution in [0.15, 0.2) is 16.8 Å². The highest BCUT2D eigenvalue weighted by atomic mass is 32.1. The molecule has 1 atom stereocenters. The second-order valence-electron chi connectivity index (χ2n) is 5.55. The van der Waals surface area contributed by atoms with Crippen LogP contribution < -0.4 is 5.73 Å². The second kappa shape index (κ2) is 5.98. The molecule has 1 aromatic rings. The Bertz CT molecular complexity index is 317. The van der Waals surface area contributed by atoms with Crippen LogP contribution in [-0.4, -0.2) is 23.5 Å². The second-order valence-corrected chi connectivity index (χ2v) is 6.33. The van der Waals surface area contributed by atoms with E-state index in [1.807, 2.05) is 0 Å². The molecule has 2 nitrogen and oxygen atoms in total. The topological polar surface area (TPSA) is 29.3 Å². The molecule has 0 spiro atoms. The fourth-order valence-corrected chi connectivity index (χ4v) is 3.13. The van der Waals surface area contributed by atoms with Crippen molar-refractivity contribution < 1.29 is 0 Å². The van der Waals surface area contributed by atoms with E-state index in [0.29, 0.717) is 6.04 Å². The molecule has 0 amide bonds. The minimum absolute atomic E-state index is 0.558. The lowest BCUT2D eigenvalue weighted by Crippen LogP contribution is -2.42. The zero-order valence-corrected chi connectivity index (χ0v) is 11.7. The standard InChI is InChI=1S/C14H24N2S/c1-11(2)7-14(8-15)16(13-3-4-13)9-12-5-6-17-10-12/h5-6,10-11,13-14H,3-4,7-9,15H2,1-2H3. The Morgan fingerprint density at radius 3 is 2.71 bits per heavy atom. The first-order valence-electron chi connectivity index (χ1n) is 6.67. The van der Waals surface area contributed by atoms with Gasteiger partial charge in [-0.2, -0.15) is 11.3 Å². The number of nitrogens with zero attached hydrogens (tertiary/aromatic N) is 1.